The van der Waals surface area contributed by atoms with Crippen molar-refractivity contribution in [2.45, 2.75) is 11.5 Å². The number of rotatable bonds is 4. The van der Waals surface area contributed by atoms with Gasteiger partial charge in [-0.05, 0) is 12.1 Å². The van der Waals surface area contributed by atoms with Gasteiger partial charge in [-0.3, -0.25) is 0 Å². The normalized spacial score (nSPS) is 12.1. The Bertz CT molecular complexity index is 517. The van der Waals surface area contributed by atoms with Gasteiger partial charge in [0.25, 0.3) is 10.0 Å². The molecule has 2 N–H and O–H groups in total. The second-order valence-electron chi connectivity index (χ2n) is 3.49. The SMILES string of the molecule is CN(C)NS(=O)(=O)c1ccc(Cl)c(CO)c1Cl. The van der Waals surface area contributed by atoms with Gasteiger partial charge in [-0.2, -0.15) is 0 Å². The molecule has 0 unspecified atom stereocenters. The fraction of sp³-hybridized carbons (Fsp3) is 0.333. The van der Waals surface area contributed by atoms with Gasteiger partial charge in [0.15, 0.2) is 0 Å². The molecule has 1 rings (SSSR count). The maximum atomic E-state index is 11.9. The minimum Gasteiger partial charge on any atom is -0.392 e. The van der Waals surface area contributed by atoms with Gasteiger partial charge in [0.2, 0.25) is 0 Å². The molecule has 0 saturated carbocycles. The number of sulfonamides is 1. The molecule has 0 aliphatic rings. The number of hydrazine groups is 1. The van der Waals surface area contributed by atoms with Crippen LogP contribution in [0.5, 0.6) is 0 Å². The van der Waals surface area contributed by atoms with Gasteiger partial charge in [0.1, 0.15) is 4.90 Å². The number of halogens is 2. The predicted octanol–water partition coefficient (Wildman–Crippen LogP) is 1.24. The fourth-order valence-corrected chi connectivity index (χ4v) is 3.20. The Labute approximate surface area is 110 Å². The zero-order valence-electron chi connectivity index (χ0n) is 9.24. The number of nitrogens with one attached hydrogen (secondary N) is 1. The van der Waals surface area contributed by atoms with Crippen LogP contribution in [0.25, 0.3) is 0 Å². The number of nitrogens with zero attached hydrogens (tertiary/aromatic N) is 1. The topological polar surface area (TPSA) is 69.6 Å². The second kappa shape index (κ2) is 5.51. The molecule has 1 aromatic carbocycles. The molecule has 96 valence electrons. The van der Waals surface area contributed by atoms with E-state index in [9.17, 15) is 8.42 Å². The van der Waals surface area contributed by atoms with E-state index in [2.05, 4.69) is 4.83 Å². The van der Waals surface area contributed by atoms with Crippen LogP contribution in [0.3, 0.4) is 0 Å². The molecule has 0 bridgehead atoms. The summed E-state index contributed by atoms with van der Waals surface area (Å²) < 4.78 is 23.8. The van der Waals surface area contributed by atoms with E-state index in [4.69, 9.17) is 28.3 Å². The van der Waals surface area contributed by atoms with Crippen LogP contribution in [0.4, 0.5) is 0 Å². The van der Waals surface area contributed by atoms with Crippen molar-refractivity contribution >= 4 is 33.2 Å². The lowest BCUT2D eigenvalue weighted by molar-refractivity contribution is 0.281. The van der Waals surface area contributed by atoms with E-state index < -0.39 is 16.6 Å². The van der Waals surface area contributed by atoms with E-state index in [1.165, 1.54) is 31.2 Å². The number of aliphatic hydroxyl groups is 1. The third-order valence-corrected chi connectivity index (χ3v) is 4.32. The van der Waals surface area contributed by atoms with Crippen molar-refractivity contribution in [1.82, 2.24) is 9.84 Å². The van der Waals surface area contributed by atoms with E-state index in [-0.39, 0.29) is 20.5 Å². The molecule has 0 amide bonds. The number of hydrogen-bond donors (Lipinski definition) is 2. The Kier molecular flexibility index (Phi) is 4.77. The van der Waals surface area contributed by atoms with Crippen molar-refractivity contribution in [1.29, 1.82) is 0 Å². The summed E-state index contributed by atoms with van der Waals surface area (Å²) in [6.45, 7) is -0.428. The Morgan fingerprint density at radius 3 is 2.41 bits per heavy atom. The molecule has 0 fully saturated rings. The van der Waals surface area contributed by atoms with Crippen LogP contribution >= 0.6 is 23.2 Å². The monoisotopic (exact) mass is 298 g/mol. The summed E-state index contributed by atoms with van der Waals surface area (Å²) in [4.78, 5) is 2.12. The van der Waals surface area contributed by atoms with Crippen LogP contribution < -0.4 is 4.83 Å². The molecule has 0 aliphatic carbocycles. The van der Waals surface area contributed by atoms with Crippen molar-refractivity contribution in [3.63, 3.8) is 0 Å². The fourth-order valence-electron chi connectivity index (χ4n) is 1.22. The van der Waals surface area contributed by atoms with Crippen LogP contribution in [-0.2, 0) is 16.6 Å². The largest absolute Gasteiger partial charge is 0.392 e. The molecular weight excluding hydrogens is 287 g/mol. The summed E-state index contributed by atoms with van der Waals surface area (Å²) in [5.74, 6) is 0. The van der Waals surface area contributed by atoms with Crippen LogP contribution in [-0.4, -0.2) is 32.6 Å². The second-order valence-corrected chi connectivity index (χ2v) is 5.90. The lowest BCUT2D eigenvalue weighted by Gasteiger charge is -2.15. The molecule has 0 radical (unpaired) electrons. The van der Waals surface area contributed by atoms with Crippen molar-refractivity contribution in [3.8, 4) is 0 Å². The Morgan fingerprint density at radius 1 is 1.35 bits per heavy atom. The van der Waals surface area contributed by atoms with Gasteiger partial charge in [-0.15, -0.1) is 4.83 Å². The minimum atomic E-state index is -3.77. The first-order chi connectivity index (χ1) is 7.79. The molecule has 5 nitrogen and oxygen atoms in total. The zero-order chi connectivity index (χ0) is 13.2. The number of hydrogen-bond acceptors (Lipinski definition) is 4. The van der Waals surface area contributed by atoms with Crippen LogP contribution in [0, 0.1) is 0 Å². The highest BCUT2D eigenvalue weighted by molar-refractivity contribution is 7.89. The van der Waals surface area contributed by atoms with Crippen molar-refractivity contribution in [2.24, 2.45) is 0 Å². The quantitative estimate of drug-likeness (QED) is 0.821. The molecular formula is C9H12Cl2N2O3S. The average molecular weight is 299 g/mol. The van der Waals surface area contributed by atoms with E-state index >= 15 is 0 Å². The van der Waals surface area contributed by atoms with Gasteiger partial charge >= 0.3 is 0 Å². The smallest absolute Gasteiger partial charge is 0.254 e. The lowest BCUT2D eigenvalue weighted by atomic mass is 10.2. The molecule has 0 spiro atoms. The van der Waals surface area contributed by atoms with Crippen LogP contribution in [0.2, 0.25) is 10.0 Å². The summed E-state index contributed by atoms with van der Waals surface area (Å²) >= 11 is 11.7. The van der Waals surface area contributed by atoms with Crippen molar-refractivity contribution in [2.75, 3.05) is 14.1 Å². The van der Waals surface area contributed by atoms with Crippen LogP contribution in [0.1, 0.15) is 5.56 Å². The summed E-state index contributed by atoms with van der Waals surface area (Å²) in [7, 11) is -0.693. The molecule has 17 heavy (non-hydrogen) atoms. The van der Waals surface area contributed by atoms with E-state index in [0.717, 1.165) is 0 Å². The molecule has 0 atom stereocenters. The first kappa shape index (κ1) is 14.7. The molecule has 1 aromatic rings. The van der Waals surface area contributed by atoms with Gasteiger partial charge in [-0.1, -0.05) is 23.2 Å². The van der Waals surface area contributed by atoms with Crippen LogP contribution in [0.15, 0.2) is 17.0 Å². The van der Waals surface area contributed by atoms with Crippen molar-refractivity contribution < 1.29 is 13.5 Å². The summed E-state index contributed by atoms with van der Waals surface area (Å²) in [6.07, 6.45) is 0. The summed E-state index contributed by atoms with van der Waals surface area (Å²) in [6, 6.07) is 2.67. The number of benzene rings is 1. The van der Waals surface area contributed by atoms with E-state index in [0.29, 0.717) is 0 Å². The third-order valence-electron chi connectivity index (χ3n) is 1.90. The first-order valence-electron chi connectivity index (χ1n) is 4.57. The Hall–Kier alpha value is -0.370. The van der Waals surface area contributed by atoms with Gasteiger partial charge in [-0.25, -0.2) is 13.4 Å². The molecule has 0 aromatic heterocycles. The zero-order valence-corrected chi connectivity index (χ0v) is 11.6. The Morgan fingerprint density at radius 2 is 1.94 bits per heavy atom. The summed E-state index contributed by atoms with van der Waals surface area (Å²) in [5.41, 5.74) is 0.190. The highest BCUT2D eigenvalue weighted by Gasteiger charge is 2.21. The average Bonchev–Trinajstić information content (AvgIpc) is 2.15. The maximum absolute atomic E-state index is 11.9. The minimum absolute atomic E-state index is 0.0747. The van der Waals surface area contributed by atoms with Gasteiger partial charge in [0, 0.05) is 24.7 Å². The highest BCUT2D eigenvalue weighted by Crippen LogP contribution is 2.30. The van der Waals surface area contributed by atoms with Gasteiger partial charge < -0.3 is 5.11 Å². The maximum Gasteiger partial charge on any atom is 0.254 e. The highest BCUT2D eigenvalue weighted by atomic mass is 35.5. The first-order valence-corrected chi connectivity index (χ1v) is 6.81. The standard InChI is InChI=1S/C9H12Cl2N2O3S/c1-13(2)12-17(15,16)8-4-3-7(10)6(5-14)9(8)11/h3-4,12,14H,5H2,1-2H3. The summed E-state index contributed by atoms with van der Waals surface area (Å²) in [5, 5.41) is 10.5. The third kappa shape index (κ3) is 3.31. The van der Waals surface area contributed by atoms with E-state index in [1.807, 2.05) is 0 Å². The predicted molar refractivity (Wildman–Crippen MR) is 66.4 cm³/mol. The van der Waals surface area contributed by atoms with E-state index in [1.54, 1.807) is 0 Å². The number of aliphatic hydroxyl groups excluding tert-OH is 1. The lowest BCUT2D eigenvalue weighted by Crippen LogP contribution is -2.36. The molecule has 0 aliphatic heterocycles. The Balaban J connectivity index is 3.34. The van der Waals surface area contributed by atoms with Crippen molar-refractivity contribution in [3.05, 3.63) is 27.7 Å². The molecule has 0 saturated heterocycles. The molecule has 8 heteroatoms. The molecule has 0 heterocycles. The van der Waals surface area contributed by atoms with Gasteiger partial charge in [0.05, 0.1) is 11.6 Å².